The van der Waals surface area contributed by atoms with Crippen molar-refractivity contribution in [3.63, 3.8) is 0 Å². The number of guanidine groups is 1. The van der Waals surface area contributed by atoms with Crippen LogP contribution in [0.25, 0.3) is 5.73 Å². The van der Waals surface area contributed by atoms with Crippen LogP contribution in [0.3, 0.4) is 0 Å². The third-order valence-electron chi connectivity index (χ3n) is 2.82. The Kier molecular flexibility index (Phi) is 7.57. The minimum atomic E-state index is -0.575. The molecular weight excluding hydrogens is 375 g/mol. The Balaban J connectivity index is 0.00000264. The fraction of sp³-hybridized carbons (Fsp3) is 0.143. The Labute approximate surface area is 156 Å². The maximum Gasteiger partial charge on any atom is 0.325 e. The molecule has 0 saturated heterocycles. The molecule has 1 heterocycles. The van der Waals surface area contributed by atoms with Crippen LogP contribution >= 0.6 is 0 Å². The van der Waals surface area contributed by atoms with Crippen molar-refractivity contribution in [3.8, 4) is 0 Å². The molecule has 2 aromatic rings. The summed E-state index contributed by atoms with van der Waals surface area (Å²) >= 11 is 0. The van der Waals surface area contributed by atoms with E-state index < -0.39 is 17.2 Å². The normalized spacial score (nSPS) is 10.7. The van der Waals surface area contributed by atoms with E-state index in [2.05, 4.69) is 20.3 Å². The predicted molar refractivity (Wildman–Crippen MR) is 81.9 cm³/mol. The van der Waals surface area contributed by atoms with Gasteiger partial charge >= 0.3 is 5.69 Å². The van der Waals surface area contributed by atoms with E-state index in [4.69, 9.17) is 5.73 Å². The second-order valence-electron chi connectivity index (χ2n) is 4.40. The fourth-order valence-corrected chi connectivity index (χ4v) is 1.72. The number of aromatic nitrogens is 2. The first-order chi connectivity index (χ1) is 10.6. The Morgan fingerprint density at radius 2 is 1.91 bits per heavy atom. The smallest absolute Gasteiger partial charge is 0.325 e. The number of benzene rings is 1. The monoisotopic (exact) mass is 389 g/mol. The second kappa shape index (κ2) is 9.17. The molecule has 1 aromatic heterocycles. The van der Waals surface area contributed by atoms with E-state index in [0.29, 0.717) is 11.1 Å². The topological polar surface area (TPSA) is 131 Å². The number of H-pyrrole nitrogens is 2. The third kappa shape index (κ3) is 5.92. The van der Waals surface area contributed by atoms with Gasteiger partial charge in [-0.1, -0.05) is 30.3 Å². The first-order valence-corrected chi connectivity index (χ1v) is 6.49. The molecule has 0 bridgehead atoms. The fourth-order valence-electron chi connectivity index (χ4n) is 1.72. The van der Waals surface area contributed by atoms with E-state index in [9.17, 15) is 14.4 Å². The standard InChI is InChI=1S/C14H15N5O3.Y/c15-13(18-11(20)9-4-2-1-3-5-9)16-7-6-10-8-17-14(22)19-12(10)21;/h1-5,8H,6-7H2,(H5,15,16,17,18,19,20,21,22);/p-1. The number of aliphatic imine (C=N–C) groups is 1. The Morgan fingerprint density at radius 1 is 1.22 bits per heavy atom. The first-order valence-electron chi connectivity index (χ1n) is 6.49. The van der Waals surface area contributed by atoms with Gasteiger partial charge in [-0.2, -0.15) is 0 Å². The van der Waals surface area contributed by atoms with E-state index in [1.807, 2.05) is 0 Å². The van der Waals surface area contributed by atoms with Crippen LogP contribution in [-0.2, 0) is 39.1 Å². The molecule has 23 heavy (non-hydrogen) atoms. The Hall–Kier alpha value is -2.06. The van der Waals surface area contributed by atoms with Gasteiger partial charge in [0, 0.05) is 56.0 Å². The van der Waals surface area contributed by atoms with E-state index in [0.717, 1.165) is 0 Å². The number of hydrogen-bond acceptors (Lipinski definition) is 4. The zero-order chi connectivity index (χ0) is 15.9. The van der Waals surface area contributed by atoms with E-state index in [1.165, 1.54) is 6.20 Å². The molecule has 0 spiro atoms. The van der Waals surface area contributed by atoms with Gasteiger partial charge in [0.2, 0.25) is 5.91 Å². The molecule has 1 radical (unpaired) electrons. The summed E-state index contributed by atoms with van der Waals surface area (Å²) in [4.78, 5) is 42.4. The number of nitrogens with zero attached hydrogens (tertiary/aromatic N) is 1. The molecular formula is C14H14N5O3Y-. The van der Waals surface area contributed by atoms with Crippen molar-refractivity contribution in [2.75, 3.05) is 6.54 Å². The van der Waals surface area contributed by atoms with Gasteiger partial charge in [0.15, 0.2) is 0 Å². The molecule has 4 N–H and O–H groups in total. The van der Waals surface area contributed by atoms with Crippen molar-refractivity contribution >= 4 is 11.9 Å². The predicted octanol–water partition coefficient (Wildman–Crippen LogP) is 0.441. The van der Waals surface area contributed by atoms with Gasteiger partial charge in [0.1, 0.15) is 0 Å². The summed E-state index contributed by atoms with van der Waals surface area (Å²) in [5.74, 6) is -0.703. The third-order valence-corrected chi connectivity index (χ3v) is 2.82. The molecule has 0 aliphatic carbocycles. The van der Waals surface area contributed by atoms with Gasteiger partial charge in [-0.15, -0.1) is 0 Å². The maximum atomic E-state index is 11.8. The van der Waals surface area contributed by atoms with Crippen LogP contribution < -0.4 is 16.6 Å². The molecule has 8 nitrogen and oxygen atoms in total. The first kappa shape index (κ1) is 19.0. The van der Waals surface area contributed by atoms with Crippen molar-refractivity contribution < 1.29 is 37.5 Å². The molecule has 0 aliphatic heterocycles. The van der Waals surface area contributed by atoms with Gasteiger partial charge in [-0.25, -0.2) is 4.79 Å². The number of amides is 1. The van der Waals surface area contributed by atoms with Crippen LogP contribution in [0.4, 0.5) is 0 Å². The van der Waals surface area contributed by atoms with Gasteiger partial charge in [-0.05, 0) is 13.0 Å². The van der Waals surface area contributed by atoms with Crippen molar-refractivity contribution in [2.45, 2.75) is 6.42 Å². The molecule has 0 saturated carbocycles. The summed E-state index contributed by atoms with van der Waals surface area (Å²) in [6.45, 7) is 0.142. The molecule has 9 heteroatoms. The van der Waals surface area contributed by atoms with Crippen LogP contribution in [0.5, 0.6) is 0 Å². The average molecular weight is 389 g/mol. The van der Waals surface area contributed by atoms with Gasteiger partial charge in [-0.3, -0.25) is 14.6 Å². The van der Waals surface area contributed by atoms with Gasteiger partial charge < -0.3 is 21.0 Å². The quantitative estimate of drug-likeness (QED) is 0.518. The SMILES string of the molecule is [NH-]C(=NCCc1c[nH]c(=O)[nH]c1=O)NC(=O)c1ccccc1.[Y]. The van der Waals surface area contributed by atoms with Crippen LogP contribution in [0.2, 0.25) is 0 Å². The summed E-state index contributed by atoms with van der Waals surface area (Å²) in [5.41, 5.74) is 7.30. The van der Waals surface area contributed by atoms with Gasteiger partial charge in [0.25, 0.3) is 5.56 Å². The average Bonchev–Trinajstić information content (AvgIpc) is 2.50. The van der Waals surface area contributed by atoms with Gasteiger partial charge in [0.05, 0.1) is 0 Å². The molecule has 0 unspecified atom stereocenters. The van der Waals surface area contributed by atoms with E-state index in [1.54, 1.807) is 30.3 Å². The number of carbonyl (C=O) groups excluding carboxylic acids is 1. The van der Waals surface area contributed by atoms with Crippen molar-refractivity contribution in [1.29, 1.82) is 0 Å². The number of hydrogen-bond donors (Lipinski definition) is 3. The minimum absolute atomic E-state index is 0. The summed E-state index contributed by atoms with van der Waals surface area (Å²) in [6, 6.07) is 8.48. The Bertz CT molecular complexity index is 798. The van der Waals surface area contributed by atoms with Crippen molar-refractivity contribution in [2.24, 2.45) is 4.99 Å². The van der Waals surface area contributed by atoms with Crippen LogP contribution in [0.15, 0.2) is 51.1 Å². The van der Waals surface area contributed by atoms with Crippen LogP contribution in [-0.4, -0.2) is 28.4 Å². The van der Waals surface area contributed by atoms with E-state index >= 15 is 0 Å². The molecule has 2 rings (SSSR count). The van der Waals surface area contributed by atoms with Crippen molar-refractivity contribution in [3.05, 3.63) is 74.2 Å². The van der Waals surface area contributed by atoms with Crippen LogP contribution in [0, 0.1) is 0 Å². The molecule has 0 atom stereocenters. The summed E-state index contributed by atoms with van der Waals surface area (Å²) in [5, 5.41) is 2.34. The number of rotatable bonds is 4. The zero-order valence-corrected chi connectivity index (χ0v) is 15.0. The number of aromatic amines is 2. The largest absolute Gasteiger partial charge is 0.411 e. The van der Waals surface area contributed by atoms with E-state index in [-0.39, 0.29) is 51.6 Å². The zero-order valence-electron chi connectivity index (χ0n) is 12.1. The molecule has 0 fully saturated rings. The molecule has 1 aromatic carbocycles. The number of carbonyl (C=O) groups is 1. The minimum Gasteiger partial charge on any atom is -0.411 e. The second-order valence-corrected chi connectivity index (χ2v) is 4.40. The molecule has 117 valence electrons. The number of nitrogens with one attached hydrogen (secondary N) is 4. The molecule has 0 aliphatic rings. The molecule has 1 amide bonds. The van der Waals surface area contributed by atoms with Crippen molar-refractivity contribution in [1.82, 2.24) is 15.3 Å². The maximum absolute atomic E-state index is 11.8. The van der Waals surface area contributed by atoms with Crippen LogP contribution in [0.1, 0.15) is 15.9 Å². The summed E-state index contributed by atoms with van der Waals surface area (Å²) in [7, 11) is 0. The summed E-state index contributed by atoms with van der Waals surface area (Å²) < 4.78 is 0. The summed E-state index contributed by atoms with van der Waals surface area (Å²) in [6.07, 6.45) is 1.55. The Morgan fingerprint density at radius 3 is 2.57 bits per heavy atom.